The van der Waals surface area contributed by atoms with Gasteiger partial charge in [0.25, 0.3) is 0 Å². The summed E-state index contributed by atoms with van der Waals surface area (Å²) in [6.07, 6.45) is 0. The lowest BCUT2D eigenvalue weighted by molar-refractivity contribution is 0.795. The van der Waals surface area contributed by atoms with Gasteiger partial charge in [0, 0.05) is 20.2 Å². The topological polar surface area (TPSA) is 0 Å². The van der Waals surface area contributed by atoms with Crippen molar-refractivity contribution >= 4 is 63.8 Å². The maximum absolute atomic E-state index is 2.56. The Hall–Kier alpha value is -6.02. The van der Waals surface area contributed by atoms with Crippen LogP contribution in [0, 0.1) is 0 Å². The largest absolute Gasteiger partial charge is 0.135 e. The van der Waals surface area contributed by atoms with E-state index in [1.807, 2.05) is 11.3 Å². The lowest BCUT2D eigenvalue weighted by Gasteiger charge is -2.31. The van der Waals surface area contributed by atoms with E-state index >= 15 is 0 Å². The summed E-state index contributed by atoms with van der Waals surface area (Å²) in [5, 5.41) is 10.6. The fraction of sp³-hybridized carbons (Fsp3) is 0.0204. The molecule has 2 aliphatic rings. The minimum atomic E-state index is -0.428. The van der Waals surface area contributed by atoms with E-state index in [0.29, 0.717) is 0 Å². The van der Waals surface area contributed by atoms with Crippen molar-refractivity contribution in [2.24, 2.45) is 0 Å². The quantitative estimate of drug-likeness (QED) is 0.155. The van der Waals surface area contributed by atoms with Gasteiger partial charge in [-0.2, -0.15) is 0 Å². The van der Waals surface area contributed by atoms with Crippen LogP contribution in [0.5, 0.6) is 0 Å². The molecule has 2 aliphatic carbocycles. The molecule has 9 aromatic carbocycles. The molecule has 230 valence electrons. The Kier molecular flexibility index (Phi) is 5.14. The summed E-state index contributed by atoms with van der Waals surface area (Å²) in [5.74, 6) is 0. The van der Waals surface area contributed by atoms with Gasteiger partial charge in [-0.05, 0) is 112 Å². The predicted molar refractivity (Wildman–Crippen MR) is 214 cm³/mol. The first kappa shape index (κ1) is 26.9. The first-order chi connectivity index (χ1) is 24.8. The number of hydrogen-bond acceptors (Lipinski definition) is 1. The van der Waals surface area contributed by atoms with Crippen molar-refractivity contribution < 1.29 is 0 Å². The second-order valence-corrected chi connectivity index (χ2v) is 15.0. The van der Waals surface area contributed by atoms with Gasteiger partial charge in [0.05, 0.1) is 5.41 Å². The van der Waals surface area contributed by atoms with E-state index in [2.05, 4.69) is 170 Å². The molecule has 0 bridgehead atoms. The molecule has 1 aromatic heterocycles. The summed E-state index contributed by atoms with van der Waals surface area (Å²) in [4.78, 5) is 0. The first-order valence-electron chi connectivity index (χ1n) is 17.4. The summed E-state index contributed by atoms with van der Waals surface area (Å²) in [7, 11) is 0. The molecule has 12 rings (SSSR count). The van der Waals surface area contributed by atoms with Gasteiger partial charge in [0.1, 0.15) is 0 Å². The average molecular weight is 649 g/mol. The lowest BCUT2D eigenvalue weighted by Crippen LogP contribution is -2.25. The van der Waals surface area contributed by atoms with Gasteiger partial charge in [-0.3, -0.25) is 0 Å². The highest BCUT2D eigenvalue weighted by atomic mass is 32.1. The molecule has 0 nitrogen and oxygen atoms in total. The molecule has 1 heteroatoms. The molecule has 0 N–H and O–H groups in total. The molecule has 0 aliphatic heterocycles. The van der Waals surface area contributed by atoms with Crippen molar-refractivity contribution in [1.29, 1.82) is 0 Å². The summed E-state index contributed by atoms with van der Waals surface area (Å²) in [6.45, 7) is 0. The third-order valence-corrected chi connectivity index (χ3v) is 12.9. The SMILES string of the molecule is c1ccc2c(c1)-c1ccccc1C21c2cc(-c3cccc4c3sc3ccccc34)ccc2-c2cc3c4ccccc4c4ccccc4c3cc21. The Morgan fingerprint density at radius 2 is 0.800 bits per heavy atom. The summed E-state index contributed by atoms with van der Waals surface area (Å²) in [6, 6.07) is 64.2. The van der Waals surface area contributed by atoms with Crippen molar-refractivity contribution in [1.82, 2.24) is 0 Å². The zero-order chi connectivity index (χ0) is 32.6. The third-order valence-electron chi connectivity index (χ3n) is 11.7. The van der Waals surface area contributed by atoms with Gasteiger partial charge in [-0.15, -0.1) is 11.3 Å². The van der Waals surface area contributed by atoms with E-state index in [9.17, 15) is 0 Å². The highest BCUT2D eigenvalue weighted by molar-refractivity contribution is 7.26. The van der Waals surface area contributed by atoms with Gasteiger partial charge < -0.3 is 0 Å². The molecule has 0 saturated heterocycles. The summed E-state index contributed by atoms with van der Waals surface area (Å²) < 4.78 is 2.69. The molecule has 0 unspecified atom stereocenters. The van der Waals surface area contributed by atoms with Gasteiger partial charge in [-0.25, -0.2) is 0 Å². The van der Waals surface area contributed by atoms with Crippen molar-refractivity contribution in [3.05, 3.63) is 192 Å². The number of fused-ring (bicyclic) bond motifs is 19. The van der Waals surface area contributed by atoms with Crippen LogP contribution in [0.1, 0.15) is 22.3 Å². The van der Waals surface area contributed by atoms with E-state index < -0.39 is 5.41 Å². The fourth-order valence-corrected chi connectivity index (χ4v) is 10.9. The Labute approximate surface area is 293 Å². The third kappa shape index (κ3) is 3.22. The van der Waals surface area contributed by atoms with Crippen molar-refractivity contribution in [3.8, 4) is 33.4 Å². The number of benzene rings is 9. The molecular formula is C49H28S. The molecule has 0 atom stereocenters. The maximum atomic E-state index is 2.56. The van der Waals surface area contributed by atoms with E-state index in [0.717, 1.165) is 0 Å². The van der Waals surface area contributed by atoms with Crippen LogP contribution in [0.2, 0.25) is 0 Å². The number of rotatable bonds is 1. The van der Waals surface area contributed by atoms with E-state index in [1.165, 1.54) is 108 Å². The first-order valence-corrected chi connectivity index (χ1v) is 18.2. The molecule has 0 fully saturated rings. The molecule has 1 spiro atoms. The zero-order valence-electron chi connectivity index (χ0n) is 27.1. The number of hydrogen-bond donors (Lipinski definition) is 0. The molecule has 10 aromatic rings. The summed E-state index contributed by atoms with van der Waals surface area (Å²) in [5.41, 5.74) is 13.0. The van der Waals surface area contributed by atoms with Gasteiger partial charge >= 0.3 is 0 Å². The monoisotopic (exact) mass is 648 g/mol. The average Bonchev–Trinajstić information content (AvgIpc) is 3.81. The minimum Gasteiger partial charge on any atom is -0.135 e. The predicted octanol–water partition coefficient (Wildman–Crippen LogP) is 13.5. The van der Waals surface area contributed by atoms with Crippen LogP contribution in [-0.4, -0.2) is 0 Å². The van der Waals surface area contributed by atoms with Crippen LogP contribution in [0.15, 0.2) is 170 Å². The fourth-order valence-electron chi connectivity index (χ4n) is 9.68. The standard InChI is InChI=1S/C49H28S/c1-3-14-33-31(12-1)32-13-2-4-15-34(32)41-28-46-42(27-40(33)41)37-25-24-29(30-19-11-20-39-38-18-7-10-23-47(38)50-48(30)39)26-45(37)49(46)43-21-8-5-16-35(43)36-17-6-9-22-44(36)49/h1-28H. The van der Waals surface area contributed by atoms with Crippen LogP contribution in [-0.2, 0) is 5.41 Å². The molecule has 1 heterocycles. The number of thiophene rings is 1. The smallest absolute Gasteiger partial charge is 0.0725 e. The molecule has 0 saturated carbocycles. The Bertz CT molecular complexity index is 3060. The normalized spacial score (nSPS) is 13.8. The maximum Gasteiger partial charge on any atom is 0.0725 e. The second-order valence-electron chi connectivity index (χ2n) is 13.9. The Balaban J connectivity index is 1.24. The van der Waals surface area contributed by atoms with E-state index in [4.69, 9.17) is 0 Å². The van der Waals surface area contributed by atoms with Gasteiger partial charge in [0.15, 0.2) is 0 Å². The van der Waals surface area contributed by atoms with Crippen LogP contribution in [0.3, 0.4) is 0 Å². The molecule has 0 radical (unpaired) electrons. The van der Waals surface area contributed by atoms with Crippen LogP contribution in [0.4, 0.5) is 0 Å². The molecular weight excluding hydrogens is 621 g/mol. The van der Waals surface area contributed by atoms with Crippen LogP contribution >= 0.6 is 11.3 Å². The summed E-state index contributed by atoms with van der Waals surface area (Å²) >= 11 is 1.91. The highest BCUT2D eigenvalue weighted by Crippen LogP contribution is 2.64. The molecule has 50 heavy (non-hydrogen) atoms. The van der Waals surface area contributed by atoms with E-state index in [1.54, 1.807) is 0 Å². The molecule has 0 amide bonds. The Morgan fingerprint density at radius 1 is 0.300 bits per heavy atom. The van der Waals surface area contributed by atoms with Crippen molar-refractivity contribution in [2.75, 3.05) is 0 Å². The van der Waals surface area contributed by atoms with Gasteiger partial charge in [0.2, 0.25) is 0 Å². The minimum absolute atomic E-state index is 0.428. The lowest BCUT2D eigenvalue weighted by atomic mass is 9.70. The zero-order valence-corrected chi connectivity index (χ0v) is 27.9. The van der Waals surface area contributed by atoms with Crippen molar-refractivity contribution in [2.45, 2.75) is 5.41 Å². The Morgan fingerprint density at radius 3 is 1.50 bits per heavy atom. The second kappa shape index (κ2) is 9.57. The van der Waals surface area contributed by atoms with E-state index in [-0.39, 0.29) is 0 Å². The van der Waals surface area contributed by atoms with Crippen molar-refractivity contribution in [3.63, 3.8) is 0 Å². The highest BCUT2D eigenvalue weighted by Gasteiger charge is 2.51. The van der Waals surface area contributed by atoms with Gasteiger partial charge in [-0.1, -0.05) is 146 Å². The van der Waals surface area contributed by atoms with Crippen LogP contribution < -0.4 is 0 Å². The van der Waals surface area contributed by atoms with Crippen LogP contribution in [0.25, 0.3) is 85.9 Å².